The first-order chi connectivity index (χ1) is 9.81. The predicted molar refractivity (Wildman–Crippen MR) is 79.5 cm³/mol. The number of aromatic nitrogens is 2. The van der Waals surface area contributed by atoms with Crippen molar-refractivity contribution < 1.29 is 4.79 Å². The molecule has 5 heteroatoms. The molecule has 0 aliphatic carbocycles. The Balaban J connectivity index is 1.82. The summed E-state index contributed by atoms with van der Waals surface area (Å²) in [4.78, 5) is 22.7. The smallest absolute Gasteiger partial charge is 0.224 e. The highest BCUT2D eigenvalue weighted by atomic mass is 16.1. The van der Waals surface area contributed by atoms with E-state index in [4.69, 9.17) is 0 Å². The van der Waals surface area contributed by atoms with Crippen molar-refractivity contribution >= 4 is 11.7 Å². The van der Waals surface area contributed by atoms with Gasteiger partial charge in [0.25, 0.3) is 0 Å². The van der Waals surface area contributed by atoms with Gasteiger partial charge < -0.3 is 10.2 Å². The van der Waals surface area contributed by atoms with Gasteiger partial charge in [-0.15, -0.1) is 0 Å². The van der Waals surface area contributed by atoms with Gasteiger partial charge in [-0.3, -0.25) is 9.78 Å². The van der Waals surface area contributed by atoms with Crippen LogP contribution in [0.25, 0.3) is 0 Å². The van der Waals surface area contributed by atoms with Crippen molar-refractivity contribution in [3.63, 3.8) is 0 Å². The number of carbonyl (C=O) groups is 1. The summed E-state index contributed by atoms with van der Waals surface area (Å²) in [6.45, 7) is 4.67. The van der Waals surface area contributed by atoms with E-state index < -0.39 is 0 Å². The van der Waals surface area contributed by atoms with Gasteiger partial charge in [-0.05, 0) is 19.3 Å². The molecule has 0 saturated carbocycles. The number of amides is 1. The van der Waals surface area contributed by atoms with Crippen LogP contribution in [0.1, 0.15) is 39.0 Å². The molecule has 1 atom stereocenters. The third-order valence-corrected chi connectivity index (χ3v) is 3.75. The SMILES string of the molecule is CCCCCNC(=O)[C@H]1CCCN(c2cnccn2)C1. The van der Waals surface area contributed by atoms with E-state index in [-0.39, 0.29) is 11.8 Å². The Morgan fingerprint density at radius 3 is 3.10 bits per heavy atom. The van der Waals surface area contributed by atoms with Crippen molar-refractivity contribution in [2.24, 2.45) is 5.92 Å². The molecule has 0 spiro atoms. The zero-order valence-electron chi connectivity index (χ0n) is 12.2. The molecule has 0 bridgehead atoms. The van der Waals surface area contributed by atoms with Crippen molar-refractivity contribution in [1.82, 2.24) is 15.3 Å². The molecule has 1 aromatic heterocycles. The van der Waals surface area contributed by atoms with E-state index in [0.29, 0.717) is 0 Å². The molecule has 1 aliphatic heterocycles. The van der Waals surface area contributed by atoms with Gasteiger partial charge in [-0.2, -0.15) is 0 Å². The van der Waals surface area contributed by atoms with Crippen LogP contribution in [0.4, 0.5) is 5.82 Å². The fraction of sp³-hybridized carbons (Fsp3) is 0.667. The second kappa shape index (κ2) is 7.82. The maximum absolute atomic E-state index is 12.2. The lowest BCUT2D eigenvalue weighted by Gasteiger charge is -2.32. The molecule has 1 aromatic rings. The third kappa shape index (κ3) is 4.18. The molecular weight excluding hydrogens is 252 g/mol. The predicted octanol–water partition coefficient (Wildman–Crippen LogP) is 2.00. The highest BCUT2D eigenvalue weighted by Gasteiger charge is 2.26. The second-order valence-electron chi connectivity index (χ2n) is 5.35. The average molecular weight is 276 g/mol. The van der Waals surface area contributed by atoms with E-state index in [1.165, 1.54) is 12.8 Å². The number of nitrogens with zero attached hydrogens (tertiary/aromatic N) is 3. The second-order valence-corrected chi connectivity index (χ2v) is 5.35. The van der Waals surface area contributed by atoms with E-state index in [0.717, 1.165) is 44.7 Å². The number of rotatable bonds is 6. The van der Waals surface area contributed by atoms with Crippen LogP contribution in [0.15, 0.2) is 18.6 Å². The van der Waals surface area contributed by atoms with Gasteiger partial charge in [0, 0.05) is 32.0 Å². The van der Waals surface area contributed by atoms with Gasteiger partial charge in [0.15, 0.2) is 0 Å². The minimum absolute atomic E-state index is 0.0763. The molecule has 1 amide bonds. The Hall–Kier alpha value is -1.65. The van der Waals surface area contributed by atoms with Gasteiger partial charge in [-0.25, -0.2) is 4.98 Å². The maximum atomic E-state index is 12.2. The summed E-state index contributed by atoms with van der Waals surface area (Å²) in [6, 6.07) is 0. The molecule has 1 N–H and O–H groups in total. The van der Waals surface area contributed by atoms with Gasteiger partial charge in [-0.1, -0.05) is 19.8 Å². The maximum Gasteiger partial charge on any atom is 0.224 e. The molecule has 1 fully saturated rings. The van der Waals surface area contributed by atoms with E-state index in [1.807, 2.05) is 0 Å². The number of nitrogens with one attached hydrogen (secondary N) is 1. The van der Waals surface area contributed by atoms with E-state index in [9.17, 15) is 4.79 Å². The van der Waals surface area contributed by atoms with E-state index in [1.54, 1.807) is 18.6 Å². The third-order valence-electron chi connectivity index (χ3n) is 3.75. The normalized spacial score (nSPS) is 18.9. The van der Waals surface area contributed by atoms with Gasteiger partial charge >= 0.3 is 0 Å². The van der Waals surface area contributed by atoms with Crippen LogP contribution < -0.4 is 10.2 Å². The van der Waals surface area contributed by atoms with Gasteiger partial charge in [0.1, 0.15) is 5.82 Å². The molecule has 20 heavy (non-hydrogen) atoms. The fourth-order valence-electron chi connectivity index (χ4n) is 2.58. The summed E-state index contributed by atoms with van der Waals surface area (Å²) in [6.07, 6.45) is 10.6. The molecule has 0 radical (unpaired) electrons. The Labute approximate surface area is 120 Å². The molecular formula is C15H24N4O. The van der Waals surface area contributed by atoms with Crippen molar-refractivity contribution in [2.45, 2.75) is 39.0 Å². The Morgan fingerprint density at radius 1 is 1.45 bits per heavy atom. The monoisotopic (exact) mass is 276 g/mol. The van der Waals surface area contributed by atoms with Crippen molar-refractivity contribution in [1.29, 1.82) is 0 Å². The Bertz CT molecular complexity index is 410. The Kier molecular flexibility index (Phi) is 5.77. The van der Waals surface area contributed by atoms with Crippen LogP contribution in [0.2, 0.25) is 0 Å². The fourth-order valence-corrected chi connectivity index (χ4v) is 2.58. The summed E-state index contributed by atoms with van der Waals surface area (Å²) in [7, 11) is 0. The summed E-state index contributed by atoms with van der Waals surface area (Å²) in [5.74, 6) is 1.14. The minimum Gasteiger partial charge on any atom is -0.356 e. The Morgan fingerprint density at radius 2 is 2.35 bits per heavy atom. The first-order valence-corrected chi connectivity index (χ1v) is 7.60. The van der Waals surface area contributed by atoms with Crippen LogP contribution in [0.3, 0.4) is 0 Å². The van der Waals surface area contributed by atoms with Crippen LogP contribution in [0, 0.1) is 5.92 Å². The lowest BCUT2D eigenvalue weighted by Crippen LogP contribution is -2.43. The van der Waals surface area contributed by atoms with Crippen LogP contribution >= 0.6 is 0 Å². The lowest BCUT2D eigenvalue weighted by molar-refractivity contribution is -0.125. The zero-order valence-corrected chi connectivity index (χ0v) is 12.2. The van der Waals surface area contributed by atoms with Crippen molar-refractivity contribution in [3.8, 4) is 0 Å². The number of carbonyl (C=O) groups excluding carboxylic acids is 1. The number of piperidine rings is 1. The molecule has 2 rings (SSSR count). The first kappa shape index (κ1) is 14.8. The topological polar surface area (TPSA) is 58.1 Å². The van der Waals surface area contributed by atoms with E-state index >= 15 is 0 Å². The summed E-state index contributed by atoms with van der Waals surface area (Å²) in [5, 5.41) is 3.06. The highest BCUT2D eigenvalue weighted by molar-refractivity contribution is 5.79. The van der Waals surface area contributed by atoms with Gasteiger partial charge in [0.2, 0.25) is 5.91 Å². The van der Waals surface area contributed by atoms with Gasteiger partial charge in [0.05, 0.1) is 12.1 Å². The first-order valence-electron chi connectivity index (χ1n) is 7.60. The largest absolute Gasteiger partial charge is 0.356 e. The number of hydrogen-bond donors (Lipinski definition) is 1. The van der Waals surface area contributed by atoms with Crippen LogP contribution in [-0.4, -0.2) is 35.5 Å². The quantitative estimate of drug-likeness (QED) is 0.807. The zero-order chi connectivity index (χ0) is 14.2. The van der Waals surface area contributed by atoms with Crippen molar-refractivity contribution in [3.05, 3.63) is 18.6 Å². The van der Waals surface area contributed by atoms with Crippen molar-refractivity contribution in [2.75, 3.05) is 24.5 Å². The molecule has 1 saturated heterocycles. The molecule has 2 heterocycles. The van der Waals surface area contributed by atoms with E-state index in [2.05, 4.69) is 27.1 Å². The highest BCUT2D eigenvalue weighted by Crippen LogP contribution is 2.20. The standard InChI is InChI=1S/C15H24N4O/c1-2-3-4-7-18-15(20)13-6-5-10-19(12-13)14-11-16-8-9-17-14/h8-9,11,13H,2-7,10,12H2,1H3,(H,18,20)/t13-/m0/s1. The summed E-state index contributed by atoms with van der Waals surface area (Å²) >= 11 is 0. The number of hydrogen-bond acceptors (Lipinski definition) is 4. The molecule has 1 aliphatic rings. The lowest BCUT2D eigenvalue weighted by atomic mass is 9.97. The minimum atomic E-state index is 0.0763. The molecule has 0 unspecified atom stereocenters. The average Bonchev–Trinajstić information content (AvgIpc) is 2.52. The van der Waals surface area contributed by atoms with Crippen LogP contribution in [0.5, 0.6) is 0 Å². The van der Waals surface area contributed by atoms with Crippen LogP contribution in [-0.2, 0) is 4.79 Å². The molecule has 5 nitrogen and oxygen atoms in total. The molecule has 110 valence electrons. The number of unbranched alkanes of at least 4 members (excludes halogenated alkanes) is 2. The number of anilines is 1. The summed E-state index contributed by atoms with van der Waals surface area (Å²) < 4.78 is 0. The summed E-state index contributed by atoms with van der Waals surface area (Å²) in [5.41, 5.74) is 0. The molecule has 0 aromatic carbocycles.